The van der Waals surface area contributed by atoms with Crippen molar-refractivity contribution >= 4 is 49.5 Å². The van der Waals surface area contributed by atoms with E-state index in [-0.39, 0.29) is 46.4 Å². The molecule has 2 heterocycles. The maximum Gasteiger partial charge on any atom is 2.00 e. The van der Waals surface area contributed by atoms with E-state index in [4.69, 9.17) is 10.8 Å². The molecule has 6 nitrogen and oxygen atoms in total. The number of carbonyl (C=O) groups is 2. The molecule has 2 aromatic heterocycles. The number of carboxylic acids is 1. The summed E-state index contributed by atoms with van der Waals surface area (Å²) < 4.78 is 0. The van der Waals surface area contributed by atoms with Crippen molar-refractivity contribution in [1.29, 1.82) is 0 Å². The minimum atomic E-state index is -0.913. The van der Waals surface area contributed by atoms with Gasteiger partial charge in [0.05, 0.1) is 0 Å². The van der Waals surface area contributed by atoms with Crippen LogP contribution in [0.5, 0.6) is 0 Å². The van der Waals surface area contributed by atoms with E-state index in [2.05, 4.69) is 9.97 Å². The van der Waals surface area contributed by atoms with Crippen LogP contribution < -0.4 is 5.73 Å². The molecule has 1 unspecified atom stereocenters. The second kappa shape index (κ2) is 12.1. The smallest absolute Gasteiger partial charge is 1.00 e. The van der Waals surface area contributed by atoms with Crippen molar-refractivity contribution < 1.29 is 17.5 Å². The number of ketones is 1. The molecule has 0 aliphatic carbocycles. The van der Waals surface area contributed by atoms with Gasteiger partial charge in [0.1, 0.15) is 17.4 Å². The summed E-state index contributed by atoms with van der Waals surface area (Å²) in [4.78, 5) is 29.8. The third-order valence-electron chi connectivity index (χ3n) is 2.84. The standard InChI is InChI=1S/C11H8N2O.C6H13NO2.Ca.2H/c14-11(9-5-1-3-7-12-9)10-6-2-4-8-13-10;1-4(2)3-5(7)6(8)9;;;/h1-8H;4-5H,3,7H2,1-2H3,(H,8,9);;;/q;;+2;2*-1. The fraction of sp³-hybridized carbons (Fsp3) is 0.294. The van der Waals surface area contributed by atoms with Gasteiger partial charge in [0.15, 0.2) is 0 Å². The summed E-state index contributed by atoms with van der Waals surface area (Å²) in [7, 11) is 0. The Morgan fingerprint density at radius 2 is 1.54 bits per heavy atom. The zero-order valence-electron chi connectivity index (χ0n) is 15.9. The molecule has 0 spiro atoms. The molecule has 7 heteroatoms. The molecule has 0 aliphatic rings. The van der Waals surface area contributed by atoms with Crippen LogP contribution in [0.25, 0.3) is 0 Å². The third kappa shape index (κ3) is 8.49. The molecule has 0 fully saturated rings. The van der Waals surface area contributed by atoms with Gasteiger partial charge in [-0.2, -0.15) is 0 Å². The second-order valence-corrected chi connectivity index (χ2v) is 5.33. The molecule has 0 bridgehead atoms. The Labute approximate surface area is 174 Å². The predicted molar refractivity (Wildman–Crippen MR) is 95.0 cm³/mol. The van der Waals surface area contributed by atoms with E-state index in [1.54, 1.807) is 48.8 Å². The summed E-state index contributed by atoms with van der Waals surface area (Å²) in [6.45, 7) is 3.89. The molecule has 0 saturated heterocycles. The van der Waals surface area contributed by atoms with E-state index in [1.807, 2.05) is 13.8 Å². The van der Waals surface area contributed by atoms with Crippen molar-refractivity contribution in [3.63, 3.8) is 0 Å². The largest absolute Gasteiger partial charge is 2.00 e. The van der Waals surface area contributed by atoms with Crippen LogP contribution in [0.15, 0.2) is 48.8 Å². The first-order chi connectivity index (χ1) is 10.9. The Bertz CT molecular complexity index is 590. The number of hydrogen-bond donors (Lipinski definition) is 2. The monoisotopic (exact) mass is 357 g/mol. The van der Waals surface area contributed by atoms with Gasteiger partial charge < -0.3 is 13.7 Å². The number of rotatable bonds is 5. The van der Waals surface area contributed by atoms with Crippen molar-refractivity contribution in [2.75, 3.05) is 0 Å². The van der Waals surface area contributed by atoms with E-state index in [9.17, 15) is 9.59 Å². The molecule has 2 aromatic rings. The fourth-order valence-corrected chi connectivity index (χ4v) is 1.73. The molecule has 0 amide bonds. The second-order valence-electron chi connectivity index (χ2n) is 5.33. The van der Waals surface area contributed by atoms with Crippen LogP contribution in [-0.4, -0.2) is 70.6 Å². The molecule has 3 N–H and O–H groups in total. The van der Waals surface area contributed by atoms with Gasteiger partial charge >= 0.3 is 43.7 Å². The normalized spacial score (nSPS) is 10.8. The number of aromatic nitrogens is 2. The summed E-state index contributed by atoms with van der Waals surface area (Å²) in [6, 6.07) is 9.77. The van der Waals surface area contributed by atoms with Gasteiger partial charge in [-0.05, 0) is 36.6 Å². The predicted octanol–water partition coefficient (Wildman–Crippen LogP) is 2.00. The van der Waals surface area contributed by atoms with Gasteiger partial charge in [-0.15, -0.1) is 0 Å². The Morgan fingerprint density at radius 1 is 1.08 bits per heavy atom. The van der Waals surface area contributed by atoms with E-state index in [0.717, 1.165) is 0 Å². The summed E-state index contributed by atoms with van der Waals surface area (Å²) >= 11 is 0. The van der Waals surface area contributed by atoms with Gasteiger partial charge in [0, 0.05) is 12.4 Å². The maximum atomic E-state index is 11.7. The van der Waals surface area contributed by atoms with Crippen molar-refractivity contribution in [1.82, 2.24) is 9.97 Å². The Balaban J connectivity index is -0.000000396. The number of hydrogen-bond acceptors (Lipinski definition) is 5. The molecule has 126 valence electrons. The minimum absolute atomic E-state index is 0. The zero-order chi connectivity index (χ0) is 17.2. The van der Waals surface area contributed by atoms with Crippen molar-refractivity contribution in [2.45, 2.75) is 26.3 Å². The van der Waals surface area contributed by atoms with Crippen molar-refractivity contribution in [3.05, 3.63) is 60.2 Å². The fourth-order valence-electron chi connectivity index (χ4n) is 1.73. The van der Waals surface area contributed by atoms with E-state index in [1.165, 1.54) is 0 Å². The van der Waals surface area contributed by atoms with Crippen LogP contribution in [0.1, 0.15) is 39.3 Å². The number of nitrogens with zero attached hydrogens (tertiary/aromatic N) is 2. The quantitative estimate of drug-likeness (QED) is 0.626. The number of pyridine rings is 2. The number of carboxylic acid groups (broad SMARTS) is 1. The van der Waals surface area contributed by atoms with Gasteiger partial charge in [-0.1, -0.05) is 26.0 Å². The van der Waals surface area contributed by atoms with Gasteiger partial charge in [0.2, 0.25) is 5.78 Å². The van der Waals surface area contributed by atoms with E-state index < -0.39 is 12.0 Å². The molecule has 0 radical (unpaired) electrons. The van der Waals surface area contributed by atoms with Gasteiger partial charge in [-0.3, -0.25) is 19.6 Å². The Kier molecular flexibility index (Phi) is 11.4. The zero-order valence-corrected chi connectivity index (χ0v) is 16.1. The SMILES string of the molecule is CC(C)CC(N)C(=O)O.O=C(c1ccccn1)c1ccccn1.[Ca+2].[H-].[H-]. The molecule has 0 aliphatic heterocycles. The van der Waals surface area contributed by atoms with Crippen LogP contribution in [0.2, 0.25) is 0 Å². The van der Waals surface area contributed by atoms with Gasteiger partial charge in [-0.25, -0.2) is 0 Å². The first-order valence-corrected chi connectivity index (χ1v) is 7.27. The molecule has 2 rings (SSSR count). The first-order valence-electron chi connectivity index (χ1n) is 7.27. The maximum absolute atomic E-state index is 11.7. The van der Waals surface area contributed by atoms with Crippen LogP contribution in [0.3, 0.4) is 0 Å². The number of carbonyl (C=O) groups excluding carboxylic acids is 1. The molecular weight excluding hydrogens is 334 g/mol. The summed E-state index contributed by atoms with van der Waals surface area (Å²) in [5.41, 5.74) is 6.06. The van der Waals surface area contributed by atoms with Crippen LogP contribution in [0.4, 0.5) is 0 Å². The van der Waals surface area contributed by atoms with E-state index >= 15 is 0 Å². The van der Waals surface area contributed by atoms with Crippen LogP contribution >= 0.6 is 0 Å². The molecule has 0 saturated carbocycles. The first kappa shape index (κ1) is 22.7. The summed E-state index contributed by atoms with van der Waals surface area (Å²) in [6.07, 6.45) is 3.74. The van der Waals surface area contributed by atoms with Gasteiger partial charge in [0.25, 0.3) is 0 Å². The molecule has 1 atom stereocenters. The molecular formula is C17H23CaN3O3. The van der Waals surface area contributed by atoms with E-state index in [0.29, 0.717) is 23.7 Å². The molecule has 24 heavy (non-hydrogen) atoms. The van der Waals surface area contributed by atoms with Crippen molar-refractivity contribution in [2.24, 2.45) is 11.7 Å². The number of aliphatic carboxylic acids is 1. The summed E-state index contributed by atoms with van der Waals surface area (Å²) in [5, 5.41) is 8.31. The number of nitrogens with two attached hydrogens (primary N) is 1. The average molecular weight is 357 g/mol. The summed E-state index contributed by atoms with van der Waals surface area (Å²) in [5.74, 6) is -0.703. The Hall–Kier alpha value is -1.34. The van der Waals surface area contributed by atoms with Crippen LogP contribution in [-0.2, 0) is 4.79 Å². The third-order valence-corrected chi connectivity index (χ3v) is 2.84. The van der Waals surface area contributed by atoms with Crippen LogP contribution in [0, 0.1) is 5.92 Å². The average Bonchev–Trinajstić information content (AvgIpc) is 2.55. The Morgan fingerprint density at radius 3 is 1.79 bits per heavy atom. The van der Waals surface area contributed by atoms with Crippen molar-refractivity contribution in [3.8, 4) is 0 Å². The topological polar surface area (TPSA) is 106 Å². The minimum Gasteiger partial charge on any atom is -1.00 e. The molecule has 0 aromatic carbocycles.